The average Bonchev–Trinajstić information content (AvgIpc) is 2.58. The van der Waals surface area contributed by atoms with Crippen molar-refractivity contribution in [3.05, 3.63) is 0 Å². The molecule has 0 amide bonds. The Kier molecular flexibility index (Phi) is 3.45. The standard InChI is InChI=1S/C12H23NO/c1-9(2)13-7-10-8-14-12-6-4-3-5-11(10)12/h9-13H,3-8H2,1-2H3. The first kappa shape index (κ1) is 10.4. The molecule has 0 radical (unpaired) electrons. The lowest BCUT2D eigenvalue weighted by atomic mass is 9.80. The van der Waals surface area contributed by atoms with Crippen LogP contribution in [0.3, 0.4) is 0 Å². The molecular weight excluding hydrogens is 174 g/mol. The lowest BCUT2D eigenvalue weighted by Crippen LogP contribution is -2.34. The van der Waals surface area contributed by atoms with Crippen LogP contribution in [0.15, 0.2) is 0 Å². The minimum absolute atomic E-state index is 0.600. The third-order valence-electron chi connectivity index (χ3n) is 3.67. The Morgan fingerprint density at radius 3 is 2.86 bits per heavy atom. The Hall–Kier alpha value is -0.0800. The Morgan fingerprint density at radius 2 is 2.07 bits per heavy atom. The third-order valence-corrected chi connectivity index (χ3v) is 3.67. The second-order valence-electron chi connectivity index (χ2n) is 5.14. The normalized spacial score (nSPS) is 37.5. The summed E-state index contributed by atoms with van der Waals surface area (Å²) in [5.41, 5.74) is 0. The summed E-state index contributed by atoms with van der Waals surface area (Å²) < 4.78 is 5.86. The summed E-state index contributed by atoms with van der Waals surface area (Å²) in [6.45, 7) is 6.58. The Balaban J connectivity index is 1.81. The summed E-state index contributed by atoms with van der Waals surface area (Å²) in [5, 5.41) is 3.54. The van der Waals surface area contributed by atoms with E-state index in [1.54, 1.807) is 0 Å². The van der Waals surface area contributed by atoms with Crippen molar-refractivity contribution >= 4 is 0 Å². The molecule has 1 aliphatic heterocycles. The Bertz CT molecular complexity index is 181. The highest BCUT2D eigenvalue weighted by atomic mass is 16.5. The number of hydrogen-bond acceptors (Lipinski definition) is 2. The van der Waals surface area contributed by atoms with Gasteiger partial charge in [-0.05, 0) is 18.8 Å². The molecular formula is C12H23NO. The van der Waals surface area contributed by atoms with Crippen LogP contribution in [0.5, 0.6) is 0 Å². The van der Waals surface area contributed by atoms with Gasteiger partial charge in [0.1, 0.15) is 0 Å². The topological polar surface area (TPSA) is 21.3 Å². The van der Waals surface area contributed by atoms with Gasteiger partial charge in [0.25, 0.3) is 0 Å². The third kappa shape index (κ3) is 2.29. The van der Waals surface area contributed by atoms with E-state index in [-0.39, 0.29) is 0 Å². The monoisotopic (exact) mass is 197 g/mol. The maximum atomic E-state index is 5.86. The van der Waals surface area contributed by atoms with Gasteiger partial charge in [-0.2, -0.15) is 0 Å². The Morgan fingerprint density at radius 1 is 1.29 bits per heavy atom. The highest BCUT2D eigenvalue weighted by molar-refractivity contribution is 4.87. The van der Waals surface area contributed by atoms with Crippen LogP contribution in [-0.2, 0) is 4.74 Å². The van der Waals surface area contributed by atoms with Crippen molar-refractivity contribution in [2.75, 3.05) is 13.2 Å². The molecule has 14 heavy (non-hydrogen) atoms. The predicted molar refractivity (Wildman–Crippen MR) is 58.3 cm³/mol. The zero-order valence-corrected chi connectivity index (χ0v) is 9.46. The first-order valence-corrected chi connectivity index (χ1v) is 6.12. The first-order valence-electron chi connectivity index (χ1n) is 6.12. The van der Waals surface area contributed by atoms with E-state index in [4.69, 9.17) is 4.74 Å². The molecule has 0 aromatic rings. The predicted octanol–water partition coefficient (Wildman–Crippen LogP) is 2.19. The van der Waals surface area contributed by atoms with Crippen molar-refractivity contribution in [3.8, 4) is 0 Å². The van der Waals surface area contributed by atoms with Crippen LogP contribution in [0.1, 0.15) is 39.5 Å². The van der Waals surface area contributed by atoms with Crippen LogP contribution in [0, 0.1) is 11.8 Å². The van der Waals surface area contributed by atoms with E-state index in [9.17, 15) is 0 Å². The highest BCUT2D eigenvalue weighted by Gasteiger charge is 2.37. The van der Waals surface area contributed by atoms with Crippen LogP contribution in [0.4, 0.5) is 0 Å². The van der Waals surface area contributed by atoms with Gasteiger partial charge in [0.2, 0.25) is 0 Å². The molecule has 0 bridgehead atoms. The number of nitrogens with one attached hydrogen (secondary N) is 1. The van der Waals surface area contributed by atoms with Crippen molar-refractivity contribution in [1.82, 2.24) is 5.32 Å². The highest BCUT2D eigenvalue weighted by Crippen LogP contribution is 2.37. The molecule has 1 saturated carbocycles. The molecule has 0 aromatic heterocycles. The molecule has 2 fully saturated rings. The van der Waals surface area contributed by atoms with Crippen LogP contribution in [-0.4, -0.2) is 25.3 Å². The summed E-state index contributed by atoms with van der Waals surface area (Å²) in [6.07, 6.45) is 6.11. The quantitative estimate of drug-likeness (QED) is 0.749. The van der Waals surface area contributed by atoms with Crippen molar-refractivity contribution in [2.24, 2.45) is 11.8 Å². The number of ether oxygens (including phenoxy) is 1. The minimum atomic E-state index is 0.600. The molecule has 1 saturated heterocycles. The molecule has 3 unspecified atom stereocenters. The van der Waals surface area contributed by atoms with Crippen molar-refractivity contribution < 1.29 is 4.74 Å². The first-order chi connectivity index (χ1) is 6.77. The zero-order chi connectivity index (χ0) is 9.97. The summed E-state index contributed by atoms with van der Waals surface area (Å²) >= 11 is 0. The average molecular weight is 197 g/mol. The fraction of sp³-hybridized carbons (Fsp3) is 1.00. The maximum absolute atomic E-state index is 5.86. The molecule has 3 atom stereocenters. The van der Waals surface area contributed by atoms with Crippen LogP contribution in [0.2, 0.25) is 0 Å². The Labute approximate surface area is 87.4 Å². The van der Waals surface area contributed by atoms with E-state index in [0.717, 1.165) is 25.0 Å². The molecule has 0 aromatic carbocycles. The van der Waals surface area contributed by atoms with Gasteiger partial charge in [-0.25, -0.2) is 0 Å². The molecule has 1 N–H and O–H groups in total. The summed E-state index contributed by atoms with van der Waals surface area (Å²) in [6, 6.07) is 0.609. The van der Waals surface area contributed by atoms with Gasteiger partial charge in [0, 0.05) is 18.5 Å². The van der Waals surface area contributed by atoms with Crippen LogP contribution >= 0.6 is 0 Å². The summed E-state index contributed by atoms with van der Waals surface area (Å²) in [4.78, 5) is 0. The van der Waals surface area contributed by atoms with Gasteiger partial charge in [-0.15, -0.1) is 0 Å². The van der Waals surface area contributed by atoms with Gasteiger partial charge in [0.15, 0.2) is 0 Å². The lowest BCUT2D eigenvalue weighted by Gasteiger charge is -2.27. The molecule has 2 nitrogen and oxygen atoms in total. The maximum Gasteiger partial charge on any atom is 0.0607 e. The minimum Gasteiger partial charge on any atom is -0.378 e. The molecule has 2 aliphatic rings. The molecule has 2 heteroatoms. The number of rotatable bonds is 3. The van der Waals surface area contributed by atoms with E-state index in [1.807, 2.05) is 0 Å². The largest absolute Gasteiger partial charge is 0.378 e. The fourth-order valence-corrected chi connectivity index (χ4v) is 2.84. The zero-order valence-electron chi connectivity index (χ0n) is 9.46. The smallest absolute Gasteiger partial charge is 0.0607 e. The fourth-order valence-electron chi connectivity index (χ4n) is 2.84. The van der Waals surface area contributed by atoms with Gasteiger partial charge in [-0.1, -0.05) is 26.7 Å². The molecule has 0 spiro atoms. The summed E-state index contributed by atoms with van der Waals surface area (Å²) in [7, 11) is 0. The van der Waals surface area contributed by atoms with Crippen molar-refractivity contribution in [3.63, 3.8) is 0 Å². The van der Waals surface area contributed by atoms with Crippen LogP contribution in [0.25, 0.3) is 0 Å². The molecule has 2 rings (SSSR count). The second-order valence-corrected chi connectivity index (χ2v) is 5.14. The SMILES string of the molecule is CC(C)NCC1COC2CCCCC12. The van der Waals surface area contributed by atoms with Gasteiger partial charge >= 0.3 is 0 Å². The van der Waals surface area contributed by atoms with Gasteiger partial charge in [-0.3, -0.25) is 0 Å². The molecule has 82 valence electrons. The van der Waals surface area contributed by atoms with Crippen LogP contribution < -0.4 is 5.32 Å². The van der Waals surface area contributed by atoms with Gasteiger partial charge < -0.3 is 10.1 Å². The van der Waals surface area contributed by atoms with Crippen molar-refractivity contribution in [1.29, 1.82) is 0 Å². The number of fused-ring (bicyclic) bond motifs is 1. The number of hydrogen-bond donors (Lipinski definition) is 1. The van der Waals surface area contributed by atoms with Crippen molar-refractivity contribution in [2.45, 2.75) is 51.7 Å². The van der Waals surface area contributed by atoms with E-state index >= 15 is 0 Å². The summed E-state index contributed by atoms with van der Waals surface area (Å²) in [5.74, 6) is 1.64. The van der Waals surface area contributed by atoms with E-state index in [0.29, 0.717) is 12.1 Å². The molecule has 1 aliphatic carbocycles. The van der Waals surface area contributed by atoms with Gasteiger partial charge in [0.05, 0.1) is 12.7 Å². The molecule has 1 heterocycles. The van der Waals surface area contributed by atoms with E-state index in [1.165, 1.54) is 25.7 Å². The lowest BCUT2D eigenvalue weighted by molar-refractivity contribution is 0.0663. The van der Waals surface area contributed by atoms with E-state index < -0.39 is 0 Å². The van der Waals surface area contributed by atoms with E-state index in [2.05, 4.69) is 19.2 Å². The second kappa shape index (κ2) is 4.63.